The van der Waals surface area contributed by atoms with Crippen LogP contribution in [0.3, 0.4) is 0 Å². The molecule has 0 aromatic carbocycles. The first-order valence-corrected chi connectivity index (χ1v) is 6.17. The van der Waals surface area contributed by atoms with Crippen LogP contribution in [0.15, 0.2) is 0 Å². The first-order valence-electron chi connectivity index (χ1n) is 6.17. The van der Waals surface area contributed by atoms with E-state index in [2.05, 4.69) is 31.0 Å². The molecule has 0 aromatic rings. The highest BCUT2D eigenvalue weighted by molar-refractivity contribution is 4.83. The van der Waals surface area contributed by atoms with Crippen LogP contribution < -0.4 is 5.32 Å². The summed E-state index contributed by atoms with van der Waals surface area (Å²) in [7, 11) is 1.79. The number of hydrogen-bond acceptors (Lipinski definition) is 3. The van der Waals surface area contributed by atoms with Crippen LogP contribution in [0.1, 0.15) is 33.6 Å². The summed E-state index contributed by atoms with van der Waals surface area (Å²) < 4.78 is 5.25. The minimum absolute atomic E-state index is 0.527. The molecule has 0 bridgehead atoms. The van der Waals surface area contributed by atoms with Crippen molar-refractivity contribution in [3.8, 4) is 0 Å². The lowest BCUT2D eigenvalue weighted by Crippen LogP contribution is -2.46. The zero-order valence-electron chi connectivity index (χ0n) is 10.6. The Balaban J connectivity index is 2.56. The lowest BCUT2D eigenvalue weighted by atomic mass is 10.1. The third-order valence-corrected chi connectivity index (χ3v) is 3.46. The Kier molecular flexibility index (Phi) is 5.58. The van der Waals surface area contributed by atoms with E-state index in [1.165, 1.54) is 12.8 Å². The summed E-state index contributed by atoms with van der Waals surface area (Å²) in [5.74, 6) is 0. The molecule has 1 saturated heterocycles. The number of hydrogen-bond donors (Lipinski definition) is 1. The molecule has 15 heavy (non-hydrogen) atoms. The molecule has 1 fully saturated rings. The molecule has 3 unspecified atom stereocenters. The second-order valence-electron chi connectivity index (χ2n) is 4.70. The molecule has 1 heterocycles. The van der Waals surface area contributed by atoms with Crippen molar-refractivity contribution in [2.24, 2.45) is 0 Å². The van der Waals surface area contributed by atoms with Gasteiger partial charge in [0.25, 0.3) is 0 Å². The number of methoxy groups -OCH3 is 1. The Hall–Kier alpha value is -0.120. The van der Waals surface area contributed by atoms with E-state index in [-0.39, 0.29) is 0 Å². The van der Waals surface area contributed by atoms with E-state index in [0.29, 0.717) is 18.1 Å². The van der Waals surface area contributed by atoms with Crippen LogP contribution in [0.5, 0.6) is 0 Å². The molecule has 3 atom stereocenters. The summed E-state index contributed by atoms with van der Waals surface area (Å²) in [5, 5.41) is 3.61. The molecule has 3 nitrogen and oxygen atoms in total. The summed E-state index contributed by atoms with van der Waals surface area (Å²) in [6.07, 6.45) is 2.45. The van der Waals surface area contributed by atoms with Crippen LogP contribution in [-0.4, -0.2) is 49.8 Å². The Labute approximate surface area is 94.2 Å². The standard InChI is InChI=1S/C12H26N2O/c1-5-12-8-14(11(3)9-15-4)10(2)6-7-13-12/h10-13H,5-9H2,1-4H3. The molecule has 0 spiro atoms. The van der Waals surface area contributed by atoms with Crippen molar-refractivity contribution in [2.45, 2.75) is 51.7 Å². The van der Waals surface area contributed by atoms with Gasteiger partial charge in [-0.2, -0.15) is 0 Å². The SMILES string of the molecule is CCC1CN(C(C)COC)C(C)CCN1. The molecule has 0 radical (unpaired) electrons. The van der Waals surface area contributed by atoms with Crippen LogP contribution in [0.4, 0.5) is 0 Å². The molecule has 1 aliphatic rings. The van der Waals surface area contributed by atoms with E-state index in [1.807, 2.05) is 0 Å². The van der Waals surface area contributed by atoms with E-state index in [4.69, 9.17) is 4.74 Å². The number of ether oxygens (including phenoxy) is 1. The Morgan fingerprint density at radius 3 is 2.87 bits per heavy atom. The number of nitrogens with one attached hydrogen (secondary N) is 1. The van der Waals surface area contributed by atoms with Gasteiger partial charge in [-0.05, 0) is 33.2 Å². The van der Waals surface area contributed by atoms with Gasteiger partial charge < -0.3 is 10.1 Å². The minimum Gasteiger partial charge on any atom is -0.383 e. The van der Waals surface area contributed by atoms with Crippen molar-refractivity contribution < 1.29 is 4.74 Å². The molecule has 1 N–H and O–H groups in total. The molecule has 3 heteroatoms. The predicted octanol–water partition coefficient (Wildman–Crippen LogP) is 1.48. The summed E-state index contributed by atoms with van der Waals surface area (Å²) in [6, 6.07) is 1.84. The van der Waals surface area contributed by atoms with E-state index in [9.17, 15) is 0 Å². The molecular formula is C12H26N2O. The fourth-order valence-corrected chi connectivity index (χ4v) is 2.39. The van der Waals surface area contributed by atoms with Crippen LogP contribution >= 0.6 is 0 Å². The maximum atomic E-state index is 5.25. The van der Waals surface area contributed by atoms with Crippen LogP contribution in [0.25, 0.3) is 0 Å². The van der Waals surface area contributed by atoms with Gasteiger partial charge in [-0.1, -0.05) is 6.92 Å². The molecular weight excluding hydrogens is 188 g/mol. The Morgan fingerprint density at radius 1 is 1.53 bits per heavy atom. The van der Waals surface area contributed by atoms with Crippen molar-refractivity contribution in [1.82, 2.24) is 10.2 Å². The van der Waals surface area contributed by atoms with Crippen molar-refractivity contribution in [2.75, 3.05) is 26.8 Å². The van der Waals surface area contributed by atoms with Gasteiger partial charge in [-0.3, -0.25) is 4.90 Å². The first kappa shape index (κ1) is 12.9. The van der Waals surface area contributed by atoms with E-state index >= 15 is 0 Å². The molecule has 1 aliphatic heterocycles. The fraction of sp³-hybridized carbons (Fsp3) is 1.00. The highest BCUT2D eigenvalue weighted by Gasteiger charge is 2.25. The summed E-state index contributed by atoms with van der Waals surface area (Å²) in [5.41, 5.74) is 0. The fourth-order valence-electron chi connectivity index (χ4n) is 2.39. The van der Waals surface area contributed by atoms with Gasteiger partial charge in [0.05, 0.1) is 6.61 Å². The highest BCUT2D eigenvalue weighted by Crippen LogP contribution is 2.14. The van der Waals surface area contributed by atoms with E-state index in [0.717, 1.165) is 19.7 Å². The topological polar surface area (TPSA) is 24.5 Å². The second kappa shape index (κ2) is 6.46. The van der Waals surface area contributed by atoms with Crippen LogP contribution in [0.2, 0.25) is 0 Å². The van der Waals surface area contributed by atoms with Gasteiger partial charge in [0.15, 0.2) is 0 Å². The summed E-state index contributed by atoms with van der Waals surface area (Å²) in [4.78, 5) is 2.58. The average Bonchev–Trinajstić information content (AvgIpc) is 2.40. The van der Waals surface area contributed by atoms with Crippen LogP contribution in [-0.2, 0) is 4.74 Å². The van der Waals surface area contributed by atoms with Gasteiger partial charge in [-0.15, -0.1) is 0 Å². The zero-order valence-corrected chi connectivity index (χ0v) is 10.6. The van der Waals surface area contributed by atoms with Crippen molar-refractivity contribution in [3.05, 3.63) is 0 Å². The second-order valence-corrected chi connectivity index (χ2v) is 4.70. The average molecular weight is 214 g/mol. The molecule has 0 aromatic heterocycles. The van der Waals surface area contributed by atoms with Crippen molar-refractivity contribution >= 4 is 0 Å². The quantitative estimate of drug-likeness (QED) is 0.767. The largest absolute Gasteiger partial charge is 0.383 e. The molecule has 0 saturated carbocycles. The number of nitrogens with zero attached hydrogens (tertiary/aromatic N) is 1. The van der Waals surface area contributed by atoms with Crippen molar-refractivity contribution in [1.29, 1.82) is 0 Å². The lowest BCUT2D eigenvalue weighted by Gasteiger charge is -2.34. The Bertz CT molecular complexity index is 175. The third-order valence-electron chi connectivity index (χ3n) is 3.46. The predicted molar refractivity (Wildman–Crippen MR) is 64.2 cm³/mol. The molecule has 0 amide bonds. The maximum Gasteiger partial charge on any atom is 0.0615 e. The van der Waals surface area contributed by atoms with Gasteiger partial charge >= 0.3 is 0 Å². The van der Waals surface area contributed by atoms with E-state index in [1.54, 1.807) is 7.11 Å². The lowest BCUT2D eigenvalue weighted by molar-refractivity contribution is 0.0729. The Morgan fingerprint density at radius 2 is 2.27 bits per heavy atom. The van der Waals surface area contributed by atoms with Gasteiger partial charge in [0.1, 0.15) is 0 Å². The van der Waals surface area contributed by atoms with Crippen molar-refractivity contribution in [3.63, 3.8) is 0 Å². The highest BCUT2D eigenvalue weighted by atomic mass is 16.5. The molecule has 0 aliphatic carbocycles. The smallest absolute Gasteiger partial charge is 0.0615 e. The van der Waals surface area contributed by atoms with Gasteiger partial charge in [0.2, 0.25) is 0 Å². The third kappa shape index (κ3) is 3.74. The molecule has 1 rings (SSSR count). The van der Waals surface area contributed by atoms with E-state index < -0.39 is 0 Å². The zero-order chi connectivity index (χ0) is 11.3. The maximum absolute atomic E-state index is 5.25. The monoisotopic (exact) mass is 214 g/mol. The van der Waals surface area contributed by atoms with Crippen LogP contribution in [0, 0.1) is 0 Å². The number of rotatable bonds is 4. The normalized spacial score (nSPS) is 31.2. The molecule has 90 valence electrons. The summed E-state index contributed by atoms with van der Waals surface area (Å²) >= 11 is 0. The summed E-state index contributed by atoms with van der Waals surface area (Å²) in [6.45, 7) is 9.98. The minimum atomic E-state index is 0.527. The van der Waals surface area contributed by atoms with Gasteiger partial charge in [0, 0.05) is 31.8 Å². The van der Waals surface area contributed by atoms with Gasteiger partial charge in [-0.25, -0.2) is 0 Å². The first-order chi connectivity index (χ1) is 7.19.